The van der Waals surface area contributed by atoms with Crippen LogP contribution in [0.5, 0.6) is 5.75 Å². The molecule has 170 valence electrons. The fourth-order valence-electron chi connectivity index (χ4n) is 3.58. The molecule has 0 bridgehead atoms. The predicted molar refractivity (Wildman–Crippen MR) is 134 cm³/mol. The second-order valence-corrected chi connectivity index (χ2v) is 9.39. The van der Waals surface area contributed by atoms with Crippen LogP contribution in [0.15, 0.2) is 71.2 Å². The molecule has 0 radical (unpaired) electrons. The smallest absolute Gasteiger partial charge is 0.231 e. The van der Waals surface area contributed by atoms with E-state index in [0.29, 0.717) is 11.7 Å². The van der Waals surface area contributed by atoms with Gasteiger partial charge in [-0.1, -0.05) is 59.8 Å². The molecule has 1 atom stereocenters. The van der Waals surface area contributed by atoms with Crippen LogP contribution in [0.1, 0.15) is 29.0 Å². The van der Waals surface area contributed by atoms with Gasteiger partial charge in [-0.15, -0.1) is 21.5 Å². The lowest BCUT2D eigenvalue weighted by Gasteiger charge is -2.18. The van der Waals surface area contributed by atoms with Crippen LogP contribution >= 0.6 is 23.1 Å². The molecule has 8 heteroatoms. The number of aryl methyl sites for hydroxylation is 1. The largest absolute Gasteiger partial charge is 0.496 e. The van der Waals surface area contributed by atoms with Crippen LogP contribution in [0.3, 0.4) is 0 Å². The number of benzene rings is 2. The molecule has 0 saturated carbocycles. The second-order valence-electron chi connectivity index (χ2n) is 7.47. The first-order valence-electron chi connectivity index (χ1n) is 10.7. The Labute approximate surface area is 202 Å². The second kappa shape index (κ2) is 10.7. The van der Waals surface area contributed by atoms with Crippen LogP contribution in [0, 0.1) is 6.92 Å². The van der Waals surface area contributed by atoms with E-state index in [4.69, 9.17) is 4.74 Å². The first-order chi connectivity index (χ1) is 16.1. The van der Waals surface area contributed by atoms with Gasteiger partial charge in [0.15, 0.2) is 11.0 Å². The van der Waals surface area contributed by atoms with Crippen molar-refractivity contribution in [1.29, 1.82) is 0 Å². The maximum Gasteiger partial charge on any atom is 0.231 e. The number of nitrogens with zero attached hydrogens (tertiary/aromatic N) is 3. The maximum atomic E-state index is 12.9. The number of carbonyl (C=O) groups excluding carboxylic acids is 1. The van der Waals surface area contributed by atoms with E-state index in [0.717, 1.165) is 27.6 Å². The van der Waals surface area contributed by atoms with E-state index in [-0.39, 0.29) is 17.7 Å². The van der Waals surface area contributed by atoms with E-state index in [2.05, 4.69) is 52.8 Å². The van der Waals surface area contributed by atoms with Gasteiger partial charge >= 0.3 is 0 Å². The molecule has 0 saturated heterocycles. The predicted octanol–water partition coefficient (Wildman–Crippen LogP) is 5.34. The average Bonchev–Trinajstić information content (AvgIpc) is 3.52. The van der Waals surface area contributed by atoms with Crippen LogP contribution in [0.4, 0.5) is 0 Å². The molecule has 4 aromatic rings. The SMILES string of the molecule is CCn1c(SCC(=O)NC(c2ccc(C)cc2)c2cccs2)nnc1-c1ccccc1OC. The van der Waals surface area contributed by atoms with Gasteiger partial charge in [-0.25, -0.2) is 0 Å². The Hall–Kier alpha value is -3.10. The number of hydrogen-bond acceptors (Lipinski definition) is 6. The first-order valence-corrected chi connectivity index (χ1v) is 12.6. The molecule has 1 unspecified atom stereocenters. The highest BCUT2D eigenvalue weighted by molar-refractivity contribution is 7.99. The van der Waals surface area contributed by atoms with Gasteiger partial charge in [0.1, 0.15) is 5.75 Å². The third-order valence-electron chi connectivity index (χ3n) is 5.26. The van der Waals surface area contributed by atoms with E-state index in [1.165, 1.54) is 17.3 Å². The molecule has 0 aliphatic rings. The van der Waals surface area contributed by atoms with Gasteiger partial charge in [-0.2, -0.15) is 0 Å². The van der Waals surface area contributed by atoms with Gasteiger partial charge in [-0.3, -0.25) is 4.79 Å². The molecule has 4 rings (SSSR count). The Morgan fingerprint density at radius 1 is 1.12 bits per heavy atom. The fraction of sp³-hybridized carbons (Fsp3) is 0.240. The average molecular weight is 479 g/mol. The third kappa shape index (κ3) is 5.29. The fourth-order valence-corrected chi connectivity index (χ4v) is 5.19. The van der Waals surface area contributed by atoms with Gasteiger partial charge in [0.2, 0.25) is 5.91 Å². The molecule has 2 heterocycles. The van der Waals surface area contributed by atoms with Crippen molar-refractivity contribution in [3.05, 3.63) is 82.0 Å². The molecule has 0 aliphatic heterocycles. The molecule has 6 nitrogen and oxygen atoms in total. The van der Waals surface area contributed by atoms with Gasteiger partial charge in [0.25, 0.3) is 0 Å². The zero-order valence-electron chi connectivity index (χ0n) is 18.8. The number of methoxy groups -OCH3 is 1. The lowest BCUT2D eigenvalue weighted by Crippen LogP contribution is -2.30. The molecule has 0 fully saturated rings. The Balaban J connectivity index is 1.49. The monoisotopic (exact) mass is 478 g/mol. The van der Waals surface area contributed by atoms with Crippen LogP contribution in [0.25, 0.3) is 11.4 Å². The third-order valence-corrected chi connectivity index (χ3v) is 7.16. The summed E-state index contributed by atoms with van der Waals surface area (Å²) in [5.41, 5.74) is 3.13. The highest BCUT2D eigenvalue weighted by Crippen LogP contribution is 2.31. The summed E-state index contributed by atoms with van der Waals surface area (Å²) in [5.74, 6) is 1.67. The number of amides is 1. The number of ether oxygens (including phenoxy) is 1. The van der Waals surface area contributed by atoms with E-state index in [1.807, 2.05) is 47.2 Å². The molecular formula is C25H26N4O2S2. The van der Waals surface area contributed by atoms with E-state index in [9.17, 15) is 4.79 Å². The lowest BCUT2D eigenvalue weighted by atomic mass is 10.0. The minimum absolute atomic E-state index is 0.0523. The number of aromatic nitrogens is 3. The van der Waals surface area contributed by atoms with E-state index in [1.54, 1.807) is 18.4 Å². The highest BCUT2D eigenvalue weighted by Gasteiger charge is 2.20. The minimum Gasteiger partial charge on any atom is -0.496 e. The number of thiophene rings is 1. The molecule has 2 aromatic heterocycles. The molecule has 1 N–H and O–H groups in total. The zero-order valence-corrected chi connectivity index (χ0v) is 20.5. The van der Waals surface area contributed by atoms with Crippen molar-refractivity contribution in [2.75, 3.05) is 12.9 Å². The van der Waals surface area contributed by atoms with E-state index < -0.39 is 0 Å². The summed E-state index contributed by atoms with van der Waals surface area (Å²) in [7, 11) is 1.64. The molecule has 2 aromatic carbocycles. The number of thioether (sulfide) groups is 1. The normalized spacial score (nSPS) is 11.8. The van der Waals surface area contributed by atoms with Crippen molar-refractivity contribution in [2.45, 2.75) is 31.6 Å². The summed E-state index contributed by atoms with van der Waals surface area (Å²) in [6, 6.07) is 19.9. The summed E-state index contributed by atoms with van der Waals surface area (Å²) in [6.07, 6.45) is 0. The van der Waals surface area contributed by atoms with Crippen molar-refractivity contribution in [3.63, 3.8) is 0 Å². The number of carbonyl (C=O) groups is 1. The lowest BCUT2D eigenvalue weighted by molar-refractivity contribution is -0.119. The summed E-state index contributed by atoms with van der Waals surface area (Å²) in [5, 5.41) is 14.7. The van der Waals surface area contributed by atoms with Crippen molar-refractivity contribution >= 4 is 29.0 Å². The van der Waals surface area contributed by atoms with Crippen LogP contribution in [-0.2, 0) is 11.3 Å². The molecule has 1 amide bonds. The van der Waals surface area contributed by atoms with Gasteiger partial charge in [-0.05, 0) is 43.0 Å². The van der Waals surface area contributed by atoms with Crippen molar-refractivity contribution in [2.24, 2.45) is 0 Å². The van der Waals surface area contributed by atoms with Gasteiger partial charge < -0.3 is 14.6 Å². The van der Waals surface area contributed by atoms with Crippen LogP contribution in [0.2, 0.25) is 0 Å². The Morgan fingerprint density at radius 3 is 2.61 bits per heavy atom. The summed E-state index contributed by atoms with van der Waals surface area (Å²) >= 11 is 3.02. The number of nitrogens with one attached hydrogen (secondary N) is 1. The summed E-state index contributed by atoms with van der Waals surface area (Å²) < 4.78 is 7.49. The standard InChI is InChI=1S/C25H26N4O2S2/c1-4-29-24(19-8-5-6-9-20(19)31-3)27-28-25(29)33-16-22(30)26-23(21-10-7-15-32-21)18-13-11-17(2)12-14-18/h5-15,23H,4,16H2,1-3H3,(H,26,30). The number of para-hydroxylation sites is 1. The topological polar surface area (TPSA) is 69.0 Å². The Kier molecular flexibility index (Phi) is 7.47. The van der Waals surface area contributed by atoms with Gasteiger partial charge in [0.05, 0.1) is 24.5 Å². The molecule has 0 spiro atoms. The van der Waals surface area contributed by atoms with Crippen LogP contribution in [-0.4, -0.2) is 33.5 Å². The highest BCUT2D eigenvalue weighted by atomic mass is 32.2. The maximum absolute atomic E-state index is 12.9. The Morgan fingerprint density at radius 2 is 1.91 bits per heavy atom. The Bertz CT molecular complexity index is 1200. The van der Waals surface area contributed by atoms with Crippen molar-refractivity contribution < 1.29 is 9.53 Å². The first kappa shape index (κ1) is 23.1. The minimum atomic E-state index is -0.174. The molecular weight excluding hydrogens is 452 g/mol. The molecule has 33 heavy (non-hydrogen) atoms. The quantitative estimate of drug-likeness (QED) is 0.329. The number of hydrogen-bond donors (Lipinski definition) is 1. The zero-order chi connectivity index (χ0) is 23.2. The van der Waals surface area contributed by atoms with Crippen LogP contribution < -0.4 is 10.1 Å². The summed E-state index contributed by atoms with van der Waals surface area (Å²) in [6.45, 7) is 4.78. The molecule has 0 aliphatic carbocycles. The summed E-state index contributed by atoms with van der Waals surface area (Å²) in [4.78, 5) is 14.0. The van der Waals surface area contributed by atoms with Gasteiger partial charge in [0, 0.05) is 11.4 Å². The van der Waals surface area contributed by atoms with Crippen molar-refractivity contribution in [1.82, 2.24) is 20.1 Å². The number of rotatable bonds is 9. The van der Waals surface area contributed by atoms with Crippen molar-refractivity contribution in [3.8, 4) is 17.1 Å². The van der Waals surface area contributed by atoms with E-state index >= 15 is 0 Å².